The molecule has 0 N–H and O–H groups in total. The van der Waals surface area contributed by atoms with Crippen molar-refractivity contribution in [3.05, 3.63) is 0 Å². The summed E-state index contributed by atoms with van der Waals surface area (Å²) in [5.41, 5.74) is -0.557. The summed E-state index contributed by atoms with van der Waals surface area (Å²) >= 11 is 0. The van der Waals surface area contributed by atoms with Crippen LogP contribution in [-0.2, 0) is 14.3 Å². The zero-order chi connectivity index (χ0) is 13.8. The van der Waals surface area contributed by atoms with Gasteiger partial charge in [0.2, 0.25) is 5.91 Å². The van der Waals surface area contributed by atoms with Gasteiger partial charge in [-0.15, -0.1) is 0 Å². The Morgan fingerprint density at radius 1 is 1.39 bits per heavy atom. The molecule has 0 aliphatic carbocycles. The molecule has 1 saturated heterocycles. The molecular weight excluding hydrogens is 232 g/mol. The molecule has 1 atom stereocenters. The summed E-state index contributed by atoms with van der Waals surface area (Å²) in [7, 11) is 0. The molecule has 1 fully saturated rings. The Labute approximate surface area is 108 Å². The van der Waals surface area contributed by atoms with E-state index < -0.39 is 11.6 Å². The summed E-state index contributed by atoms with van der Waals surface area (Å²) in [6, 6.07) is 1.30. The Hall–Kier alpha value is -1.57. The lowest BCUT2D eigenvalue weighted by atomic mass is 10.0. The SMILES string of the molecule is CC(C)(C)OC(=O)C1CCCCN1C(=O)CC#N. The second-order valence-corrected chi connectivity index (χ2v) is 5.47. The summed E-state index contributed by atoms with van der Waals surface area (Å²) in [6.07, 6.45) is 2.21. The maximum Gasteiger partial charge on any atom is 0.329 e. The lowest BCUT2D eigenvalue weighted by Crippen LogP contribution is -2.49. The largest absolute Gasteiger partial charge is 0.458 e. The third-order valence-corrected chi connectivity index (χ3v) is 2.73. The van der Waals surface area contributed by atoms with E-state index in [0.717, 1.165) is 12.8 Å². The maximum absolute atomic E-state index is 12.0. The Morgan fingerprint density at radius 3 is 2.61 bits per heavy atom. The second kappa shape index (κ2) is 5.85. The third kappa shape index (κ3) is 4.02. The van der Waals surface area contributed by atoms with Crippen LogP contribution in [0.3, 0.4) is 0 Å². The third-order valence-electron chi connectivity index (χ3n) is 2.73. The average Bonchev–Trinajstić information content (AvgIpc) is 2.27. The number of rotatable bonds is 2. The van der Waals surface area contributed by atoms with Crippen molar-refractivity contribution < 1.29 is 14.3 Å². The molecule has 1 aliphatic rings. The van der Waals surface area contributed by atoms with Crippen molar-refractivity contribution in [1.82, 2.24) is 4.90 Å². The minimum absolute atomic E-state index is 0.181. The quantitative estimate of drug-likeness (QED) is 0.700. The van der Waals surface area contributed by atoms with Gasteiger partial charge < -0.3 is 9.64 Å². The highest BCUT2D eigenvalue weighted by molar-refractivity contribution is 5.85. The fourth-order valence-corrected chi connectivity index (χ4v) is 2.01. The Kier molecular flexibility index (Phi) is 4.71. The van der Waals surface area contributed by atoms with Crippen LogP contribution in [0, 0.1) is 11.3 Å². The first-order valence-electron chi connectivity index (χ1n) is 6.24. The topological polar surface area (TPSA) is 70.4 Å². The molecule has 1 amide bonds. The van der Waals surface area contributed by atoms with Crippen LogP contribution in [0.25, 0.3) is 0 Å². The molecule has 0 aromatic rings. The molecule has 0 aromatic heterocycles. The number of piperidine rings is 1. The molecule has 100 valence electrons. The van der Waals surface area contributed by atoms with Crippen LogP contribution in [0.1, 0.15) is 46.5 Å². The predicted molar refractivity (Wildman–Crippen MR) is 65.4 cm³/mol. The van der Waals surface area contributed by atoms with Crippen molar-refractivity contribution in [1.29, 1.82) is 5.26 Å². The van der Waals surface area contributed by atoms with E-state index in [1.165, 1.54) is 4.90 Å². The van der Waals surface area contributed by atoms with Gasteiger partial charge in [-0.1, -0.05) is 0 Å². The molecule has 5 heteroatoms. The Morgan fingerprint density at radius 2 is 2.06 bits per heavy atom. The number of carbonyl (C=O) groups excluding carboxylic acids is 2. The van der Waals surface area contributed by atoms with Gasteiger partial charge in [0.05, 0.1) is 6.07 Å². The first kappa shape index (κ1) is 14.5. The van der Waals surface area contributed by atoms with Gasteiger partial charge in [-0.05, 0) is 40.0 Å². The van der Waals surface area contributed by atoms with E-state index in [-0.39, 0.29) is 18.3 Å². The van der Waals surface area contributed by atoms with E-state index in [9.17, 15) is 9.59 Å². The average molecular weight is 252 g/mol. The molecule has 0 saturated carbocycles. The number of likely N-dealkylation sites (tertiary alicyclic amines) is 1. The van der Waals surface area contributed by atoms with Gasteiger partial charge in [0.15, 0.2) is 0 Å². The Balaban J connectivity index is 2.73. The molecule has 0 spiro atoms. The van der Waals surface area contributed by atoms with Gasteiger partial charge >= 0.3 is 5.97 Å². The number of hydrogen-bond donors (Lipinski definition) is 0. The molecule has 1 rings (SSSR count). The molecule has 0 bridgehead atoms. The van der Waals surface area contributed by atoms with Gasteiger partial charge in [-0.3, -0.25) is 4.79 Å². The van der Waals surface area contributed by atoms with Crippen LogP contribution < -0.4 is 0 Å². The number of amides is 1. The molecular formula is C13H20N2O3. The van der Waals surface area contributed by atoms with Gasteiger partial charge in [-0.2, -0.15) is 5.26 Å². The van der Waals surface area contributed by atoms with Gasteiger partial charge in [0.25, 0.3) is 0 Å². The first-order chi connectivity index (χ1) is 8.35. The lowest BCUT2D eigenvalue weighted by molar-refractivity contribution is -0.166. The summed E-state index contributed by atoms with van der Waals surface area (Å²) in [5, 5.41) is 8.56. The van der Waals surface area contributed by atoms with Crippen molar-refractivity contribution in [2.75, 3.05) is 6.54 Å². The zero-order valence-electron chi connectivity index (χ0n) is 11.2. The molecule has 0 aromatic carbocycles. The number of hydrogen-bond acceptors (Lipinski definition) is 4. The minimum Gasteiger partial charge on any atom is -0.458 e. The maximum atomic E-state index is 12.0. The van der Waals surface area contributed by atoms with E-state index >= 15 is 0 Å². The highest BCUT2D eigenvalue weighted by Crippen LogP contribution is 2.21. The van der Waals surface area contributed by atoms with E-state index in [4.69, 9.17) is 10.00 Å². The van der Waals surface area contributed by atoms with E-state index in [2.05, 4.69) is 0 Å². The highest BCUT2D eigenvalue weighted by Gasteiger charge is 2.34. The highest BCUT2D eigenvalue weighted by atomic mass is 16.6. The minimum atomic E-state index is -0.557. The summed E-state index contributed by atoms with van der Waals surface area (Å²) in [5.74, 6) is -0.651. The van der Waals surface area contributed by atoms with Crippen molar-refractivity contribution in [3.63, 3.8) is 0 Å². The number of esters is 1. The van der Waals surface area contributed by atoms with Crippen molar-refractivity contribution in [2.45, 2.75) is 58.1 Å². The second-order valence-electron chi connectivity index (χ2n) is 5.47. The van der Waals surface area contributed by atoms with Gasteiger partial charge in [0.1, 0.15) is 18.1 Å². The summed E-state index contributed by atoms with van der Waals surface area (Å²) in [6.45, 7) is 5.93. The van der Waals surface area contributed by atoms with E-state index in [1.807, 2.05) is 6.07 Å². The first-order valence-corrected chi connectivity index (χ1v) is 6.24. The van der Waals surface area contributed by atoms with Crippen molar-refractivity contribution >= 4 is 11.9 Å². The number of carbonyl (C=O) groups is 2. The smallest absolute Gasteiger partial charge is 0.329 e. The monoisotopic (exact) mass is 252 g/mol. The summed E-state index contributed by atoms with van der Waals surface area (Å²) in [4.78, 5) is 25.3. The standard InChI is InChI=1S/C13H20N2O3/c1-13(2,3)18-12(17)10-6-4-5-9-15(10)11(16)7-8-14/h10H,4-7,9H2,1-3H3. The molecule has 1 unspecified atom stereocenters. The normalized spacial score (nSPS) is 20.1. The zero-order valence-corrected chi connectivity index (χ0v) is 11.2. The van der Waals surface area contributed by atoms with Gasteiger partial charge in [-0.25, -0.2) is 4.79 Å². The van der Waals surface area contributed by atoms with E-state index in [0.29, 0.717) is 13.0 Å². The van der Waals surface area contributed by atoms with Crippen LogP contribution in [-0.4, -0.2) is 35.0 Å². The molecule has 0 radical (unpaired) electrons. The molecule has 1 heterocycles. The fourth-order valence-electron chi connectivity index (χ4n) is 2.01. The number of nitrogens with zero attached hydrogens (tertiary/aromatic N) is 2. The molecule has 5 nitrogen and oxygen atoms in total. The number of nitriles is 1. The number of ether oxygens (including phenoxy) is 1. The van der Waals surface area contributed by atoms with Gasteiger partial charge in [0, 0.05) is 6.54 Å². The Bertz CT molecular complexity index is 365. The predicted octanol–water partition coefficient (Wildman–Crippen LogP) is 1.62. The van der Waals surface area contributed by atoms with E-state index in [1.54, 1.807) is 20.8 Å². The fraction of sp³-hybridized carbons (Fsp3) is 0.769. The van der Waals surface area contributed by atoms with Crippen LogP contribution in [0.5, 0.6) is 0 Å². The lowest BCUT2D eigenvalue weighted by Gasteiger charge is -2.35. The van der Waals surface area contributed by atoms with Crippen LogP contribution >= 0.6 is 0 Å². The van der Waals surface area contributed by atoms with Crippen molar-refractivity contribution in [3.8, 4) is 6.07 Å². The van der Waals surface area contributed by atoms with Crippen LogP contribution in [0.4, 0.5) is 0 Å². The van der Waals surface area contributed by atoms with Crippen LogP contribution in [0.15, 0.2) is 0 Å². The summed E-state index contributed by atoms with van der Waals surface area (Å²) < 4.78 is 5.32. The molecule has 18 heavy (non-hydrogen) atoms. The van der Waals surface area contributed by atoms with Crippen molar-refractivity contribution in [2.24, 2.45) is 0 Å². The van der Waals surface area contributed by atoms with Crippen LogP contribution in [0.2, 0.25) is 0 Å². The molecule has 1 aliphatic heterocycles.